The van der Waals surface area contributed by atoms with E-state index in [2.05, 4.69) is 30.2 Å². The van der Waals surface area contributed by atoms with Gasteiger partial charge in [-0.1, -0.05) is 51.3 Å². The Hall–Kier alpha value is -2.08. The SMILES string of the molecule is CCCCC(CCC)Nc1nc2ccccc2cc1C#N. The van der Waals surface area contributed by atoms with E-state index < -0.39 is 0 Å². The maximum Gasteiger partial charge on any atom is 0.144 e. The monoisotopic (exact) mass is 281 g/mol. The highest BCUT2D eigenvalue weighted by atomic mass is 15.0. The van der Waals surface area contributed by atoms with Gasteiger partial charge in [-0.15, -0.1) is 0 Å². The number of nitrogens with one attached hydrogen (secondary N) is 1. The molecule has 0 saturated heterocycles. The molecule has 0 aliphatic heterocycles. The summed E-state index contributed by atoms with van der Waals surface area (Å²) < 4.78 is 0. The van der Waals surface area contributed by atoms with E-state index in [-0.39, 0.29) is 0 Å². The molecule has 110 valence electrons. The highest BCUT2D eigenvalue weighted by Gasteiger charge is 2.12. The number of aromatic nitrogens is 1. The van der Waals surface area contributed by atoms with Gasteiger partial charge in [0.15, 0.2) is 0 Å². The highest BCUT2D eigenvalue weighted by Crippen LogP contribution is 2.22. The van der Waals surface area contributed by atoms with Crippen LogP contribution < -0.4 is 5.32 Å². The largest absolute Gasteiger partial charge is 0.366 e. The van der Waals surface area contributed by atoms with Crippen LogP contribution in [-0.4, -0.2) is 11.0 Å². The van der Waals surface area contributed by atoms with Crippen LogP contribution >= 0.6 is 0 Å². The summed E-state index contributed by atoms with van der Waals surface area (Å²) in [5, 5.41) is 13.9. The predicted octanol–water partition coefficient (Wildman–Crippen LogP) is 4.88. The molecule has 1 heterocycles. The number of nitrogens with zero attached hydrogens (tertiary/aromatic N) is 2. The minimum atomic E-state index is 0.399. The molecule has 21 heavy (non-hydrogen) atoms. The van der Waals surface area contributed by atoms with Crippen LogP contribution in [0.3, 0.4) is 0 Å². The Morgan fingerprint density at radius 1 is 1.19 bits per heavy atom. The summed E-state index contributed by atoms with van der Waals surface area (Å²) in [5.74, 6) is 0.728. The van der Waals surface area contributed by atoms with Crippen LogP contribution in [0.15, 0.2) is 30.3 Å². The van der Waals surface area contributed by atoms with Crippen molar-refractivity contribution < 1.29 is 0 Å². The number of nitriles is 1. The maximum absolute atomic E-state index is 9.37. The molecule has 3 nitrogen and oxygen atoms in total. The van der Waals surface area contributed by atoms with Crippen LogP contribution in [0.5, 0.6) is 0 Å². The van der Waals surface area contributed by atoms with Gasteiger partial charge in [-0.05, 0) is 25.0 Å². The molecule has 0 radical (unpaired) electrons. The fourth-order valence-electron chi connectivity index (χ4n) is 2.59. The van der Waals surface area contributed by atoms with E-state index >= 15 is 0 Å². The van der Waals surface area contributed by atoms with Gasteiger partial charge in [0.25, 0.3) is 0 Å². The lowest BCUT2D eigenvalue weighted by atomic mass is 10.0. The summed E-state index contributed by atoms with van der Waals surface area (Å²) in [6.45, 7) is 4.40. The number of hydrogen-bond acceptors (Lipinski definition) is 3. The van der Waals surface area contributed by atoms with E-state index in [1.807, 2.05) is 30.3 Å². The first kappa shape index (κ1) is 15.3. The van der Waals surface area contributed by atoms with Gasteiger partial charge in [0.05, 0.1) is 11.1 Å². The molecule has 1 aromatic heterocycles. The normalized spacial score (nSPS) is 12.0. The Morgan fingerprint density at radius 2 is 2.00 bits per heavy atom. The molecule has 1 aromatic carbocycles. The van der Waals surface area contributed by atoms with Crippen molar-refractivity contribution >= 4 is 16.7 Å². The number of para-hydroxylation sites is 1. The van der Waals surface area contributed by atoms with Crippen molar-refractivity contribution in [3.8, 4) is 6.07 Å². The molecule has 3 heteroatoms. The van der Waals surface area contributed by atoms with Crippen LogP contribution in [0.25, 0.3) is 10.9 Å². The summed E-state index contributed by atoms with van der Waals surface area (Å²) >= 11 is 0. The molecule has 2 rings (SSSR count). The van der Waals surface area contributed by atoms with Gasteiger partial charge in [0.2, 0.25) is 0 Å². The Morgan fingerprint density at radius 3 is 2.71 bits per heavy atom. The van der Waals surface area contributed by atoms with Gasteiger partial charge in [0.1, 0.15) is 11.9 Å². The number of benzene rings is 1. The van der Waals surface area contributed by atoms with Gasteiger partial charge in [0, 0.05) is 11.4 Å². The van der Waals surface area contributed by atoms with Crippen molar-refractivity contribution in [1.29, 1.82) is 5.26 Å². The minimum absolute atomic E-state index is 0.399. The van der Waals surface area contributed by atoms with Crippen LogP contribution in [0, 0.1) is 11.3 Å². The zero-order chi connectivity index (χ0) is 15.1. The molecule has 1 atom stereocenters. The van der Waals surface area contributed by atoms with Crippen molar-refractivity contribution in [1.82, 2.24) is 4.98 Å². The summed E-state index contributed by atoms with van der Waals surface area (Å²) in [4.78, 5) is 4.64. The molecule has 1 N–H and O–H groups in total. The Balaban J connectivity index is 2.28. The third kappa shape index (κ3) is 3.95. The van der Waals surface area contributed by atoms with E-state index in [1.165, 1.54) is 12.8 Å². The third-order valence-electron chi connectivity index (χ3n) is 3.73. The number of unbranched alkanes of at least 4 members (excludes halogenated alkanes) is 1. The van der Waals surface area contributed by atoms with Crippen LogP contribution in [0.2, 0.25) is 0 Å². The van der Waals surface area contributed by atoms with Crippen molar-refractivity contribution in [2.75, 3.05) is 5.32 Å². The number of pyridine rings is 1. The van der Waals surface area contributed by atoms with E-state index in [0.717, 1.165) is 36.0 Å². The smallest absolute Gasteiger partial charge is 0.144 e. The van der Waals surface area contributed by atoms with Crippen LogP contribution in [0.1, 0.15) is 51.5 Å². The van der Waals surface area contributed by atoms with Crippen molar-refractivity contribution in [3.63, 3.8) is 0 Å². The first-order chi connectivity index (χ1) is 10.3. The average Bonchev–Trinajstić information content (AvgIpc) is 2.52. The number of fused-ring (bicyclic) bond motifs is 1. The average molecular weight is 281 g/mol. The van der Waals surface area contributed by atoms with Crippen molar-refractivity contribution in [2.45, 2.75) is 52.0 Å². The van der Waals surface area contributed by atoms with Gasteiger partial charge >= 0.3 is 0 Å². The van der Waals surface area contributed by atoms with E-state index in [9.17, 15) is 5.26 Å². The summed E-state index contributed by atoms with van der Waals surface area (Å²) in [6, 6.07) is 12.5. The van der Waals surface area contributed by atoms with E-state index in [0.29, 0.717) is 11.6 Å². The van der Waals surface area contributed by atoms with Crippen molar-refractivity contribution in [2.24, 2.45) is 0 Å². The van der Waals surface area contributed by atoms with E-state index in [4.69, 9.17) is 0 Å². The van der Waals surface area contributed by atoms with Crippen LogP contribution in [0.4, 0.5) is 5.82 Å². The van der Waals surface area contributed by atoms with Gasteiger partial charge in [-0.3, -0.25) is 0 Å². The fourth-order valence-corrected chi connectivity index (χ4v) is 2.59. The lowest BCUT2D eigenvalue weighted by Crippen LogP contribution is -2.20. The van der Waals surface area contributed by atoms with E-state index in [1.54, 1.807) is 0 Å². The lowest BCUT2D eigenvalue weighted by Gasteiger charge is -2.19. The number of anilines is 1. The quantitative estimate of drug-likeness (QED) is 0.787. The number of hydrogen-bond donors (Lipinski definition) is 1. The molecule has 0 aliphatic carbocycles. The van der Waals surface area contributed by atoms with Gasteiger partial charge in [-0.2, -0.15) is 5.26 Å². The molecule has 2 aromatic rings. The van der Waals surface area contributed by atoms with Gasteiger partial charge in [-0.25, -0.2) is 4.98 Å². The standard InChI is InChI=1S/C18H23N3/c1-3-5-10-16(8-4-2)20-18-15(13-19)12-14-9-6-7-11-17(14)21-18/h6-7,9,11-12,16H,3-5,8,10H2,1-2H3,(H,20,21). The maximum atomic E-state index is 9.37. The minimum Gasteiger partial charge on any atom is -0.366 e. The first-order valence-corrected chi connectivity index (χ1v) is 7.84. The summed E-state index contributed by atoms with van der Waals surface area (Å²) in [5.41, 5.74) is 1.57. The molecule has 0 aliphatic rings. The molecule has 0 fully saturated rings. The Labute approximate surface area is 127 Å². The molecule has 0 amide bonds. The third-order valence-corrected chi connectivity index (χ3v) is 3.73. The molecule has 1 unspecified atom stereocenters. The number of rotatable bonds is 7. The zero-order valence-electron chi connectivity index (χ0n) is 12.9. The second-order valence-corrected chi connectivity index (χ2v) is 5.46. The van der Waals surface area contributed by atoms with Crippen LogP contribution in [-0.2, 0) is 0 Å². The molecule has 0 saturated carbocycles. The molecular weight excluding hydrogens is 258 g/mol. The van der Waals surface area contributed by atoms with Gasteiger partial charge < -0.3 is 5.32 Å². The first-order valence-electron chi connectivity index (χ1n) is 7.84. The second-order valence-electron chi connectivity index (χ2n) is 5.46. The summed E-state index contributed by atoms with van der Waals surface area (Å²) in [7, 11) is 0. The van der Waals surface area contributed by atoms with Crippen molar-refractivity contribution in [3.05, 3.63) is 35.9 Å². The Kier molecular flexibility index (Phi) is 5.57. The summed E-state index contributed by atoms with van der Waals surface area (Å²) in [6.07, 6.45) is 5.77. The topological polar surface area (TPSA) is 48.7 Å². The zero-order valence-corrected chi connectivity index (χ0v) is 12.9. The fraction of sp³-hybridized carbons (Fsp3) is 0.444. The second kappa shape index (κ2) is 7.64. The molecule has 0 spiro atoms. The molecular formula is C18H23N3. The molecule has 0 bridgehead atoms. The Bertz CT molecular complexity index is 628. The highest BCUT2D eigenvalue weighted by molar-refractivity contribution is 5.82. The predicted molar refractivity (Wildman–Crippen MR) is 88.3 cm³/mol. The lowest BCUT2D eigenvalue weighted by molar-refractivity contribution is 0.563.